The van der Waals surface area contributed by atoms with Crippen LogP contribution in [0.3, 0.4) is 0 Å². The van der Waals surface area contributed by atoms with Crippen LogP contribution in [0.4, 0.5) is 5.69 Å². The third-order valence-corrected chi connectivity index (χ3v) is 8.36. The van der Waals surface area contributed by atoms with E-state index in [-0.39, 0.29) is 33.5 Å². The lowest BCUT2D eigenvalue weighted by molar-refractivity contribution is 0.0691. The average Bonchev–Trinajstić information content (AvgIpc) is 3.92. The Hall–Kier alpha value is -4.03. The Kier molecular flexibility index (Phi) is 6.88. The van der Waals surface area contributed by atoms with E-state index in [2.05, 4.69) is 16.0 Å². The molecule has 3 aliphatic carbocycles. The highest BCUT2D eigenvalue weighted by Crippen LogP contribution is 2.50. The summed E-state index contributed by atoms with van der Waals surface area (Å²) in [6.45, 7) is 0.875. The molecule has 3 aliphatic rings. The lowest BCUT2D eigenvalue weighted by atomic mass is 9.85. The van der Waals surface area contributed by atoms with Crippen LogP contribution in [0.25, 0.3) is 0 Å². The molecule has 1 aromatic heterocycles. The molecule has 0 bridgehead atoms. The maximum absolute atomic E-state index is 13.6. The molecule has 7 heteroatoms. The number of allylic oxidation sites excluding steroid dienone is 3. The number of benzene rings is 2. The van der Waals surface area contributed by atoms with Crippen molar-refractivity contribution in [2.45, 2.75) is 42.9 Å². The lowest BCUT2D eigenvalue weighted by Crippen LogP contribution is -2.26. The Bertz CT molecular complexity index is 1540. The van der Waals surface area contributed by atoms with E-state index >= 15 is 0 Å². The summed E-state index contributed by atoms with van der Waals surface area (Å²) in [4.78, 5) is 45.8. The fourth-order valence-corrected chi connectivity index (χ4v) is 5.54. The molecule has 3 aromatic rings. The molecule has 0 amide bonds. The molecule has 202 valence electrons. The summed E-state index contributed by atoms with van der Waals surface area (Å²) in [6, 6.07) is 17.3. The molecule has 0 spiro atoms. The Morgan fingerprint density at radius 2 is 1.77 bits per heavy atom. The standard InChI is InChI=1S/C33H29ClN2O4/c34-24-9-11-25(12-10-24)36(20-21-6-7-21)26-13-15-29(35-19-26)30(37)22-8-14-27(28(18-22)32(39)40)31(38)33(16-17-33)23-4-2-1-3-5-23/h1-5,8-9,11-15,18-19,21,24H,6-7,10,16-17,20H2,(H,39,40). The predicted molar refractivity (Wildman–Crippen MR) is 154 cm³/mol. The molecule has 2 aromatic carbocycles. The van der Waals surface area contributed by atoms with Crippen molar-refractivity contribution in [1.82, 2.24) is 4.98 Å². The largest absolute Gasteiger partial charge is 0.478 e. The number of aromatic nitrogens is 1. The van der Waals surface area contributed by atoms with Gasteiger partial charge in [0.2, 0.25) is 5.78 Å². The minimum Gasteiger partial charge on any atom is -0.478 e. The van der Waals surface area contributed by atoms with Crippen LogP contribution in [0, 0.1) is 5.92 Å². The first-order valence-electron chi connectivity index (χ1n) is 13.6. The number of carbonyl (C=O) groups excluding carboxylic acids is 2. The molecule has 1 atom stereocenters. The first-order valence-corrected chi connectivity index (χ1v) is 14.1. The van der Waals surface area contributed by atoms with E-state index in [0.717, 1.165) is 29.9 Å². The van der Waals surface area contributed by atoms with Gasteiger partial charge in [-0.05, 0) is 73.9 Å². The fraction of sp³-hybridized carbons (Fsp3) is 0.273. The number of carboxylic acids is 1. The number of hydrogen-bond donors (Lipinski definition) is 1. The van der Waals surface area contributed by atoms with Crippen molar-refractivity contribution >= 4 is 34.8 Å². The smallest absolute Gasteiger partial charge is 0.336 e. The Balaban J connectivity index is 1.25. The number of ketones is 2. The first-order chi connectivity index (χ1) is 19.4. The van der Waals surface area contributed by atoms with Gasteiger partial charge in [-0.1, -0.05) is 48.6 Å². The number of pyridine rings is 1. The number of alkyl halides is 1. The van der Waals surface area contributed by atoms with E-state index in [9.17, 15) is 19.5 Å². The maximum Gasteiger partial charge on any atom is 0.336 e. The minimum absolute atomic E-state index is 0.00447. The number of nitrogens with zero attached hydrogens (tertiary/aromatic N) is 2. The third-order valence-electron chi connectivity index (χ3n) is 8.04. The van der Waals surface area contributed by atoms with Crippen molar-refractivity contribution in [3.05, 3.63) is 119 Å². The quantitative estimate of drug-likeness (QED) is 0.225. The zero-order valence-electron chi connectivity index (χ0n) is 21.9. The highest BCUT2D eigenvalue weighted by atomic mass is 35.5. The van der Waals surface area contributed by atoms with Crippen LogP contribution in [-0.4, -0.2) is 39.5 Å². The van der Waals surface area contributed by atoms with Crippen LogP contribution < -0.4 is 4.90 Å². The molecule has 0 radical (unpaired) electrons. The third kappa shape index (κ3) is 5.11. The molecule has 1 N–H and O–H groups in total. The highest BCUT2D eigenvalue weighted by molar-refractivity contribution is 6.22. The Morgan fingerprint density at radius 1 is 1.00 bits per heavy atom. The van der Waals surface area contributed by atoms with Crippen molar-refractivity contribution in [3.8, 4) is 0 Å². The molecule has 6 rings (SSSR count). The maximum atomic E-state index is 13.6. The van der Waals surface area contributed by atoms with Crippen LogP contribution in [0.5, 0.6) is 0 Å². The van der Waals surface area contributed by atoms with E-state index in [0.29, 0.717) is 18.8 Å². The molecule has 2 saturated carbocycles. The molecule has 0 saturated heterocycles. The van der Waals surface area contributed by atoms with Crippen LogP contribution in [0.15, 0.2) is 90.8 Å². The van der Waals surface area contributed by atoms with E-state index in [1.165, 1.54) is 31.0 Å². The number of rotatable bonds is 10. The predicted octanol–water partition coefficient (Wildman–Crippen LogP) is 6.59. The molecular weight excluding hydrogens is 524 g/mol. The second-order valence-corrected chi connectivity index (χ2v) is 11.4. The van der Waals surface area contributed by atoms with Gasteiger partial charge in [0, 0.05) is 23.4 Å². The van der Waals surface area contributed by atoms with Crippen molar-refractivity contribution in [2.75, 3.05) is 11.4 Å². The van der Waals surface area contributed by atoms with E-state index in [1.807, 2.05) is 48.6 Å². The summed E-state index contributed by atoms with van der Waals surface area (Å²) in [7, 11) is 0. The van der Waals surface area contributed by atoms with Gasteiger partial charge >= 0.3 is 5.97 Å². The Morgan fingerprint density at radius 3 is 2.38 bits per heavy atom. The number of hydrogen-bond acceptors (Lipinski definition) is 5. The van der Waals surface area contributed by atoms with Gasteiger partial charge in [-0.25, -0.2) is 4.79 Å². The monoisotopic (exact) mass is 552 g/mol. The van der Waals surface area contributed by atoms with Gasteiger partial charge in [0.1, 0.15) is 5.69 Å². The second kappa shape index (κ2) is 10.5. The van der Waals surface area contributed by atoms with Crippen molar-refractivity contribution in [2.24, 2.45) is 5.92 Å². The number of aromatic carboxylic acids is 1. The molecule has 40 heavy (non-hydrogen) atoms. The number of halogens is 1. The van der Waals surface area contributed by atoms with Gasteiger partial charge in [0.15, 0.2) is 5.78 Å². The lowest BCUT2D eigenvalue weighted by Gasteiger charge is -2.27. The van der Waals surface area contributed by atoms with E-state index < -0.39 is 17.2 Å². The van der Waals surface area contributed by atoms with Gasteiger partial charge in [-0.3, -0.25) is 14.6 Å². The fourth-order valence-electron chi connectivity index (χ4n) is 5.38. The van der Waals surface area contributed by atoms with Gasteiger partial charge in [-0.15, -0.1) is 11.6 Å². The molecule has 1 unspecified atom stereocenters. The zero-order valence-corrected chi connectivity index (χ0v) is 22.7. The number of carbonyl (C=O) groups is 3. The summed E-state index contributed by atoms with van der Waals surface area (Å²) in [5.74, 6) is -1.22. The van der Waals surface area contributed by atoms with Crippen LogP contribution >= 0.6 is 11.6 Å². The second-order valence-electron chi connectivity index (χ2n) is 10.9. The minimum atomic E-state index is -1.24. The zero-order chi connectivity index (χ0) is 27.9. The normalized spacial score (nSPS) is 19.0. The summed E-state index contributed by atoms with van der Waals surface area (Å²) in [5.41, 5.74) is 2.49. The van der Waals surface area contributed by atoms with Gasteiger partial charge < -0.3 is 10.0 Å². The Labute approximate surface area is 238 Å². The van der Waals surface area contributed by atoms with Gasteiger partial charge in [0.05, 0.1) is 28.2 Å². The summed E-state index contributed by atoms with van der Waals surface area (Å²) >= 11 is 6.22. The molecule has 6 nitrogen and oxygen atoms in total. The number of Topliss-reactive ketones (excluding diaryl/α,β-unsaturated/α-hetero) is 1. The van der Waals surface area contributed by atoms with Gasteiger partial charge in [-0.2, -0.15) is 0 Å². The molecular formula is C33H29ClN2O4. The van der Waals surface area contributed by atoms with E-state index in [1.54, 1.807) is 12.3 Å². The first kappa shape index (κ1) is 26.2. The van der Waals surface area contributed by atoms with Crippen LogP contribution in [-0.2, 0) is 5.41 Å². The summed E-state index contributed by atoms with van der Waals surface area (Å²) in [5, 5.41) is 9.95. The van der Waals surface area contributed by atoms with Gasteiger partial charge in [0.25, 0.3) is 0 Å². The average molecular weight is 553 g/mol. The number of carboxylic acid groups (broad SMARTS) is 1. The highest BCUT2D eigenvalue weighted by Gasteiger charge is 2.51. The summed E-state index contributed by atoms with van der Waals surface area (Å²) < 4.78 is 0. The molecule has 1 heterocycles. The van der Waals surface area contributed by atoms with Crippen LogP contribution in [0.1, 0.15) is 74.4 Å². The molecule has 0 aliphatic heterocycles. The van der Waals surface area contributed by atoms with Crippen LogP contribution in [0.2, 0.25) is 0 Å². The van der Waals surface area contributed by atoms with E-state index in [4.69, 9.17) is 11.6 Å². The molecule has 2 fully saturated rings. The number of anilines is 1. The SMILES string of the molecule is O=C(c1ccc(C(=O)C2(c3ccccc3)CC2)c(C(=O)O)c1)c1ccc(N(CC2CC2)C2=CCC(Cl)C=C2)cn1. The summed E-state index contributed by atoms with van der Waals surface area (Å²) in [6.07, 6.45) is 12.3. The van der Waals surface area contributed by atoms with Crippen molar-refractivity contribution in [1.29, 1.82) is 0 Å². The van der Waals surface area contributed by atoms with Crippen molar-refractivity contribution in [3.63, 3.8) is 0 Å². The topological polar surface area (TPSA) is 87.6 Å². The van der Waals surface area contributed by atoms with Crippen molar-refractivity contribution < 1.29 is 19.5 Å².